The molecule has 4 nitrogen and oxygen atoms in total. The molecule has 11 rings (SSSR count). The fraction of sp³-hybridized carbons (Fsp3) is 0. The number of rotatable bonds is 6. The van der Waals surface area contributed by atoms with Gasteiger partial charge in [-0.25, -0.2) is 15.0 Å². The van der Waals surface area contributed by atoms with Crippen molar-refractivity contribution in [2.75, 3.05) is 0 Å². The largest absolute Gasteiger partial charge is 0.455 e. The van der Waals surface area contributed by atoms with E-state index in [0.717, 1.165) is 60.9 Å². The molecule has 56 heavy (non-hydrogen) atoms. The topological polar surface area (TPSA) is 51.8 Å². The van der Waals surface area contributed by atoms with Crippen molar-refractivity contribution in [2.24, 2.45) is 0 Å². The van der Waals surface area contributed by atoms with Crippen LogP contribution in [0.2, 0.25) is 0 Å². The molecule has 0 fully saturated rings. The highest BCUT2D eigenvalue weighted by atomic mass is 32.1. The van der Waals surface area contributed by atoms with E-state index in [1.807, 2.05) is 42.5 Å². The molecule has 3 aromatic heterocycles. The van der Waals surface area contributed by atoms with Crippen molar-refractivity contribution in [1.29, 1.82) is 0 Å². The third kappa shape index (κ3) is 5.56. The highest BCUT2D eigenvalue weighted by molar-refractivity contribution is 7.25. The van der Waals surface area contributed by atoms with Crippen molar-refractivity contribution in [3.05, 3.63) is 188 Å². The summed E-state index contributed by atoms with van der Waals surface area (Å²) in [6, 6.07) is 65.6. The second-order valence-electron chi connectivity index (χ2n) is 14.0. The van der Waals surface area contributed by atoms with Crippen LogP contribution in [0.15, 0.2) is 192 Å². The first kappa shape index (κ1) is 32.2. The monoisotopic (exact) mass is 733 g/mol. The number of para-hydroxylation sites is 1. The van der Waals surface area contributed by atoms with Gasteiger partial charge in [-0.05, 0) is 64.2 Å². The Bertz CT molecular complexity index is 3240. The van der Waals surface area contributed by atoms with Gasteiger partial charge < -0.3 is 4.42 Å². The summed E-state index contributed by atoms with van der Waals surface area (Å²) in [5.74, 6) is 1.93. The second-order valence-corrected chi connectivity index (χ2v) is 15.1. The molecule has 0 unspecified atom stereocenters. The third-order valence-electron chi connectivity index (χ3n) is 10.5. The summed E-state index contributed by atoms with van der Waals surface area (Å²) in [6.45, 7) is 0. The lowest BCUT2D eigenvalue weighted by Gasteiger charge is -2.10. The number of fused-ring (bicyclic) bond motifs is 6. The molecule has 11 aromatic rings. The Kier molecular flexibility index (Phi) is 7.64. The predicted octanol–water partition coefficient (Wildman–Crippen LogP) is 14.1. The standard InChI is InChI=1S/C51H31N3OS/c1-4-13-32(14-5-1)35-19-12-20-37(29-35)50-52-49(34-17-8-3-9-18-34)53-51(54-50)38-23-25-41-43-30-36(24-28-45(43)56-46(41)31-38)40-27-26-39(33-15-6-2-7-16-33)47-42-21-10-11-22-44(42)55-48(40)47/h1-31H. The summed E-state index contributed by atoms with van der Waals surface area (Å²) in [6.07, 6.45) is 0. The number of hydrogen-bond donors (Lipinski definition) is 0. The molecule has 0 spiro atoms. The van der Waals surface area contributed by atoms with E-state index in [-0.39, 0.29) is 0 Å². The quantitative estimate of drug-likeness (QED) is 0.171. The number of furan rings is 1. The summed E-state index contributed by atoms with van der Waals surface area (Å²) in [5, 5.41) is 4.68. The van der Waals surface area contributed by atoms with E-state index in [4.69, 9.17) is 19.4 Å². The van der Waals surface area contributed by atoms with Gasteiger partial charge >= 0.3 is 0 Å². The average Bonchev–Trinajstić information content (AvgIpc) is 3.85. The van der Waals surface area contributed by atoms with Crippen LogP contribution in [0.3, 0.4) is 0 Å². The lowest BCUT2D eigenvalue weighted by Crippen LogP contribution is -2.00. The first-order valence-corrected chi connectivity index (χ1v) is 19.5. The van der Waals surface area contributed by atoms with Crippen LogP contribution in [0.1, 0.15) is 0 Å². The number of benzene rings is 8. The molecule has 0 aliphatic carbocycles. The van der Waals surface area contributed by atoms with Gasteiger partial charge in [0.25, 0.3) is 0 Å². The van der Waals surface area contributed by atoms with E-state index in [2.05, 4.69) is 146 Å². The fourth-order valence-electron chi connectivity index (χ4n) is 7.82. The molecule has 0 radical (unpaired) electrons. The summed E-state index contributed by atoms with van der Waals surface area (Å²) in [5.41, 5.74) is 11.4. The summed E-state index contributed by atoms with van der Waals surface area (Å²) in [4.78, 5) is 15.1. The normalized spacial score (nSPS) is 11.6. The minimum atomic E-state index is 0.642. The van der Waals surface area contributed by atoms with Crippen LogP contribution < -0.4 is 0 Å². The SMILES string of the molecule is c1ccc(-c2cccc(-c3nc(-c4ccccc4)nc(-c4ccc5c(c4)sc4ccc(-c6ccc(-c7ccccc7)c7c6oc6ccccc67)cc45)n3)c2)cc1. The van der Waals surface area contributed by atoms with E-state index >= 15 is 0 Å². The summed E-state index contributed by atoms with van der Waals surface area (Å²) >= 11 is 1.79. The third-order valence-corrected chi connectivity index (χ3v) is 11.7. The van der Waals surface area contributed by atoms with E-state index in [0.29, 0.717) is 17.5 Å². The molecule has 5 heteroatoms. The van der Waals surface area contributed by atoms with Crippen LogP contribution in [-0.4, -0.2) is 15.0 Å². The minimum absolute atomic E-state index is 0.642. The molecule has 0 aliphatic heterocycles. The maximum absolute atomic E-state index is 6.64. The molecule has 0 amide bonds. The lowest BCUT2D eigenvalue weighted by atomic mass is 9.94. The van der Waals surface area contributed by atoms with Gasteiger partial charge in [-0.3, -0.25) is 0 Å². The highest BCUT2D eigenvalue weighted by Crippen LogP contribution is 2.44. The molecular formula is C51H31N3OS. The average molecular weight is 734 g/mol. The zero-order chi connectivity index (χ0) is 37.0. The molecule has 0 N–H and O–H groups in total. The van der Waals surface area contributed by atoms with Crippen LogP contribution in [0.4, 0.5) is 0 Å². The summed E-state index contributed by atoms with van der Waals surface area (Å²) < 4.78 is 9.04. The first-order valence-electron chi connectivity index (χ1n) is 18.7. The highest BCUT2D eigenvalue weighted by Gasteiger charge is 2.19. The zero-order valence-corrected chi connectivity index (χ0v) is 30.9. The molecule has 0 bridgehead atoms. The fourth-order valence-corrected chi connectivity index (χ4v) is 8.94. The van der Waals surface area contributed by atoms with Crippen LogP contribution in [0, 0.1) is 0 Å². The lowest BCUT2D eigenvalue weighted by molar-refractivity contribution is 0.670. The van der Waals surface area contributed by atoms with Crippen molar-refractivity contribution in [3.63, 3.8) is 0 Å². The number of nitrogens with zero attached hydrogens (tertiary/aromatic N) is 3. The van der Waals surface area contributed by atoms with Gasteiger partial charge in [0.1, 0.15) is 11.2 Å². The van der Waals surface area contributed by atoms with Gasteiger partial charge in [0.15, 0.2) is 17.5 Å². The Morgan fingerprint density at radius 2 is 0.929 bits per heavy atom. The molecule has 262 valence electrons. The van der Waals surface area contributed by atoms with Crippen molar-refractivity contribution in [3.8, 4) is 67.5 Å². The zero-order valence-electron chi connectivity index (χ0n) is 30.1. The molecule has 0 saturated heterocycles. The smallest absolute Gasteiger partial charge is 0.164 e. The number of thiophene rings is 1. The maximum atomic E-state index is 6.64. The number of hydrogen-bond acceptors (Lipinski definition) is 5. The van der Waals surface area contributed by atoms with Crippen LogP contribution >= 0.6 is 11.3 Å². The van der Waals surface area contributed by atoms with E-state index in [1.54, 1.807) is 11.3 Å². The van der Waals surface area contributed by atoms with Crippen molar-refractivity contribution < 1.29 is 4.42 Å². The van der Waals surface area contributed by atoms with E-state index in [9.17, 15) is 0 Å². The van der Waals surface area contributed by atoms with Crippen molar-refractivity contribution in [2.45, 2.75) is 0 Å². The molecule has 0 aliphatic rings. The van der Waals surface area contributed by atoms with Crippen LogP contribution in [-0.2, 0) is 0 Å². The molecule has 3 heterocycles. The van der Waals surface area contributed by atoms with Gasteiger partial charge in [-0.15, -0.1) is 11.3 Å². The Morgan fingerprint density at radius 1 is 0.339 bits per heavy atom. The van der Waals surface area contributed by atoms with Crippen molar-refractivity contribution in [1.82, 2.24) is 15.0 Å². The predicted molar refractivity (Wildman–Crippen MR) is 233 cm³/mol. The molecular weight excluding hydrogens is 703 g/mol. The Labute approximate surface area is 327 Å². The Balaban J connectivity index is 1.03. The molecule has 8 aromatic carbocycles. The summed E-state index contributed by atoms with van der Waals surface area (Å²) in [7, 11) is 0. The first-order chi connectivity index (χ1) is 27.7. The maximum Gasteiger partial charge on any atom is 0.164 e. The van der Waals surface area contributed by atoms with Gasteiger partial charge in [0.2, 0.25) is 0 Å². The van der Waals surface area contributed by atoms with Gasteiger partial charge in [0.05, 0.1) is 0 Å². The van der Waals surface area contributed by atoms with Crippen LogP contribution in [0.5, 0.6) is 0 Å². The number of aromatic nitrogens is 3. The van der Waals surface area contributed by atoms with E-state index in [1.165, 1.54) is 31.3 Å². The van der Waals surface area contributed by atoms with Gasteiger partial charge in [0, 0.05) is 53.2 Å². The van der Waals surface area contributed by atoms with Gasteiger partial charge in [-0.1, -0.05) is 152 Å². The second kappa shape index (κ2) is 13.3. The van der Waals surface area contributed by atoms with Gasteiger partial charge in [-0.2, -0.15) is 0 Å². The minimum Gasteiger partial charge on any atom is -0.455 e. The Morgan fingerprint density at radius 3 is 1.70 bits per heavy atom. The molecule has 0 atom stereocenters. The van der Waals surface area contributed by atoms with E-state index < -0.39 is 0 Å². The van der Waals surface area contributed by atoms with Crippen molar-refractivity contribution >= 4 is 53.4 Å². The Hall–Kier alpha value is -7.21. The molecule has 0 saturated carbocycles. The van der Waals surface area contributed by atoms with Crippen LogP contribution in [0.25, 0.3) is 110 Å².